The van der Waals surface area contributed by atoms with E-state index >= 15 is 0 Å². The van der Waals surface area contributed by atoms with E-state index in [9.17, 15) is 4.79 Å². The third-order valence-electron chi connectivity index (χ3n) is 1.77. The van der Waals surface area contributed by atoms with Crippen molar-refractivity contribution in [3.8, 4) is 0 Å². The molecule has 0 aromatic carbocycles. The molecule has 1 aromatic rings. The largest absolute Gasteiger partial charge is 0.345 e. The van der Waals surface area contributed by atoms with Crippen molar-refractivity contribution < 1.29 is 4.79 Å². The molecule has 2 amide bonds. The van der Waals surface area contributed by atoms with Crippen molar-refractivity contribution in [2.24, 2.45) is 0 Å². The van der Waals surface area contributed by atoms with Gasteiger partial charge in [-0.05, 0) is 11.9 Å². The molecule has 0 saturated carbocycles. The number of H-pyrrole nitrogens is 1. The first-order valence-corrected chi connectivity index (χ1v) is 5.52. The van der Waals surface area contributed by atoms with Crippen LogP contribution in [0.4, 0.5) is 10.7 Å². The summed E-state index contributed by atoms with van der Waals surface area (Å²) < 4.78 is 2.64. The van der Waals surface area contributed by atoms with Crippen LogP contribution in [-0.4, -0.2) is 42.4 Å². The molecule has 1 aromatic heterocycles. The zero-order valence-corrected chi connectivity index (χ0v) is 9.60. The number of anilines is 1. The van der Waals surface area contributed by atoms with Crippen LogP contribution in [0.25, 0.3) is 0 Å². The predicted octanol–water partition coefficient (Wildman–Crippen LogP) is 0.423. The molecule has 84 valence electrons. The zero-order valence-electron chi connectivity index (χ0n) is 8.78. The molecule has 6 nitrogen and oxygen atoms in total. The van der Waals surface area contributed by atoms with Gasteiger partial charge in [0.15, 0.2) is 0 Å². The number of hydrogen-bond donors (Lipinski definition) is 3. The highest BCUT2D eigenvalue weighted by Gasteiger charge is 2.02. The minimum atomic E-state index is -0.180. The van der Waals surface area contributed by atoms with E-state index in [1.165, 1.54) is 11.9 Å². The van der Waals surface area contributed by atoms with Crippen molar-refractivity contribution in [2.45, 2.75) is 0 Å². The Morgan fingerprint density at radius 1 is 1.73 bits per heavy atom. The lowest BCUT2D eigenvalue weighted by atomic mass is 10.6. The summed E-state index contributed by atoms with van der Waals surface area (Å²) in [5.41, 5.74) is 0. The molecular formula is C8H15N5OS. The van der Waals surface area contributed by atoms with Crippen molar-refractivity contribution in [2.75, 3.05) is 31.3 Å². The number of rotatable bonds is 5. The molecule has 0 aliphatic rings. The average molecular weight is 229 g/mol. The molecule has 1 heterocycles. The third kappa shape index (κ3) is 4.11. The smallest absolute Gasteiger partial charge is 0.324 e. The van der Waals surface area contributed by atoms with Gasteiger partial charge in [0.05, 0.1) is 0 Å². The highest BCUT2D eigenvalue weighted by atomic mass is 32.2. The fraction of sp³-hybridized carbons (Fsp3) is 0.500. The summed E-state index contributed by atoms with van der Waals surface area (Å²) >= 11 is 1.37. The van der Waals surface area contributed by atoms with Gasteiger partial charge in [-0.2, -0.15) is 0 Å². The lowest BCUT2D eigenvalue weighted by Gasteiger charge is -2.15. The molecule has 7 heteroatoms. The normalized spacial score (nSPS) is 9.73. The van der Waals surface area contributed by atoms with Gasteiger partial charge in [0, 0.05) is 38.8 Å². The second-order valence-electron chi connectivity index (χ2n) is 2.86. The van der Waals surface area contributed by atoms with Crippen molar-refractivity contribution in [1.29, 1.82) is 0 Å². The van der Waals surface area contributed by atoms with Crippen LogP contribution in [0.2, 0.25) is 0 Å². The van der Waals surface area contributed by atoms with Crippen LogP contribution in [0.3, 0.4) is 0 Å². The second-order valence-corrected chi connectivity index (χ2v) is 3.77. The Balaban J connectivity index is 2.13. The van der Waals surface area contributed by atoms with Crippen LogP contribution in [0.5, 0.6) is 0 Å². The van der Waals surface area contributed by atoms with Gasteiger partial charge in [0.2, 0.25) is 5.95 Å². The molecule has 0 aliphatic heterocycles. The molecule has 3 N–H and O–H groups in total. The van der Waals surface area contributed by atoms with Gasteiger partial charge in [0.25, 0.3) is 0 Å². The Morgan fingerprint density at radius 3 is 3.13 bits per heavy atom. The van der Waals surface area contributed by atoms with Gasteiger partial charge in [0.1, 0.15) is 0 Å². The molecule has 15 heavy (non-hydrogen) atoms. The van der Waals surface area contributed by atoms with Crippen LogP contribution in [0.1, 0.15) is 0 Å². The van der Waals surface area contributed by atoms with E-state index in [4.69, 9.17) is 0 Å². The number of urea groups is 1. The summed E-state index contributed by atoms with van der Waals surface area (Å²) in [5, 5.41) is 2.48. The molecule has 0 fully saturated rings. The average Bonchev–Trinajstić information content (AvgIpc) is 2.77. The topological polar surface area (TPSA) is 73.1 Å². The highest BCUT2D eigenvalue weighted by molar-refractivity contribution is 7.97. The Hall–Kier alpha value is -1.37. The van der Waals surface area contributed by atoms with Crippen molar-refractivity contribution in [3.05, 3.63) is 12.4 Å². The molecule has 0 bridgehead atoms. The van der Waals surface area contributed by atoms with Crippen LogP contribution >= 0.6 is 11.9 Å². The van der Waals surface area contributed by atoms with Gasteiger partial charge in [-0.1, -0.05) is 0 Å². The minimum Gasteiger partial charge on any atom is -0.345 e. The van der Waals surface area contributed by atoms with Gasteiger partial charge >= 0.3 is 6.03 Å². The van der Waals surface area contributed by atoms with Crippen LogP contribution in [0.15, 0.2) is 12.4 Å². The third-order valence-corrected chi connectivity index (χ3v) is 2.48. The Labute approximate surface area is 93.0 Å². The highest BCUT2D eigenvalue weighted by Crippen LogP contribution is 2.03. The summed E-state index contributed by atoms with van der Waals surface area (Å²) in [6.07, 6.45) is 3.49. The predicted molar refractivity (Wildman–Crippen MR) is 61.9 cm³/mol. The summed E-state index contributed by atoms with van der Waals surface area (Å²) in [6, 6.07) is -0.180. The molecule has 0 saturated heterocycles. The van der Waals surface area contributed by atoms with Crippen molar-refractivity contribution in [3.63, 3.8) is 0 Å². The fourth-order valence-corrected chi connectivity index (χ4v) is 1.62. The first-order chi connectivity index (χ1) is 7.24. The van der Waals surface area contributed by atoms with E-state index in [-0.39, 0.29) is 6.03 Å². The molecule has 0 radical (unpaired) electrons. The van der Waals surface area contributed by atoms with Crippen LogP contribution < -0.4 is 14.9 Å². The summed E-state index contributed by atoms with van der Waals surface area (Å²) in [4.78, 5) is 19.9. The van der Waals surface area contributed by atoms with E-state index in [0.29, 0.717) is 0 Å². The molecule has 1 rings (SSSR count). The quantitative estimate of drug-likeness (QED) is 0.505. The van der Waals surface area contributed by atoms with Crippen molar-refractivity contribution >= 4 is 23.9 Å². The Morgan fingerprint density at radius 2 is 2.53 bits per heavy atom. The Bertz CT molecular complexity index is 289. The molecule has 0 spiro atoms. The molecule has 0 atom stereocenters. The Kier molecular flexibility index (Phi) is 4.82. The zero-order chi connectivity index (χ0) is 11.1. The SMILES string of the molecule is CNC(=O)NSCCN(C)c1ncc[nH]1. The van der Waals surface area contributed by atoms with Gasteiger partial charge < -0.3 is 15.2 Å². The summed E-state index contributed by atoms with van der Waals surface area (Å²) in [6.45, 7) is 0.808. The first-order valence-electron chi connectivity index (χ1n) is 4.54. The van der Waals surface area contributed by atoms with Gasteiger partial charge in [-0.3, -0.25) is 4.72 Å². The summed E-state index contributed by atoms with van der Waals surface area (Å²) in [7, 11) is 3.53. The maximum absolute atomic E-state index is 10.8. The maximum Gasteiger partial charge on any atom is 0.324 e. The number of carbonyl (C=O) groups excluding carboxylic acids is 1. The maximum atomic E-state index is 10.8. The number of nitrogens with one attached hydrogen (secondary N) is 3. The number of aromatic nitrogens is 2. The standard InChI is InChI=1S/C8H15N5OS/c1-9-8(14)12-15-6-5-13(2)7-10-3-4-11-7/h3-4H,5-6H2,1-2H3,(H,10,11)(H2,9,12,14). The van der Waals surface area contributed by atoms with E-state index in [1.807, 2.05) is 11.9 Å². The molecule has 0 unspecified atom stereocenters. The fourth-order valence-electron chi connectivity index (χ4n) is 0.922. The van der Waals surface area contributed by atoms with Crippen LogP contribution in [-0.2, 0) is 0 Å². The number of amides is 2. The number of hydrogen-bond acceptors (Lipinski definition) is 4. The first kappa shape index (κ1) is 11.7. The number of imidazole rings is 1. The van der Waals surface area contributed by atoms with Crippen molar-refractivity contribution in [1.82, 2.24) is 20.0 Å². The lowest BCUT2D eigenvalue weighted by Crippen LogP contribution is -2.29. The monoisotopic (exact) mass is 229 g/mol. The number of aromatic amines is 1. The molecule has 0 aliphatic carbocycles. The van der Waals surface area contributed by atoms with Crippen LogP contribution in [0, 0.1) is 0 Å². The van der Waals surface area contributed by atoms with Gasteiger partial charge in [-0.25, -0.2) is 9.78 Å². The van der Waals surface area contributed by atoms with E-state index < -0.39 is 0 Å². The number of nitrogens with zero attached hydrogens (tertiary/aromatic N) is 2. The summed E-state index contributed by atoms with van der Waals surface area (Å²) in [5.74, 6) is 1.63. The minimum absolute atomic E-state index is 0.180. The lowest BCUT2D eigenvalue weighted by molar-refractivity contribution is 0.248. The van der Waals surface area contributed by atoms with E-state index in [0.717, 1.165) is 18.2 Å². The second kappa shape index (κ2) is 6.18. The van der Waals surface area contributed by atoms with E-state index in [2.05, 4.69) is 20.0 Å². The van der Waals surface area contributed by atoms with E-state index in [1.54, 1.807) is 19.4 Å². The molecular weight excluding hydrogens is 214 g/mol. The number of carbonyl (C=O) groups is 1. The van der Waals surface area contributed by atoms with Gasteiger partial charge in [-0.15, -0.1) is 0 Å².